The first-order chi connectivity index (χ1) is 12.2. The van der Waals surface area contributed by atoms with Crippen molar-refractivity contribution in [1.82, 2.24) is 14.5 Å². The third-order valence-corrected chi connectivity index (χ3v) is 4.93. The van der Waals surface area contributed by atoms with E-state index in [2.05, 4.69) is 9.88 Å². The van der Waals surface area contributed by atoms with Crippen LogP contribution >= 0.6 is 0 Å². The second-order valence-electron chi connectivity index (χ2n) is 6.87. The third-order valence-electron chi connectivity index (χ3n) is 4.93. The van der Waals surface area contributed by atoms with E-state index in [0.29, 0.717) is 30.3 Å². The van der Waals surface area contributed by atoms with Crippen molar-refractivity contribution in [3.8, 4) is 5.75 Å². The fourth-order valence-corrected chi connectivity index (χ4v) is 3.20. The van der Waals surface area contributed by atoms with Crippen molar-refractivity contribution in [2.45, 2.75) is 12.8 Å². The molecule has 1 aliphatic heterocycles. The Kier molecular flexibility index (Phi) is 4.34. The van der Waals surface area contributed by atoms with Crippen LogP contribution in [0.25, 0.3) is 0 Å². The molecule has 0 unspecified atom stereocenters. The number of piperazine rings is 1. The lowest BCUT2D eigenvalue weighted by Gasteiger charge is -2.35. The van der Waals surface area contributed by atoms with Gasteiger partial charge in [0.1, 0.15) is 5.75 Å². The van der Waals surface area contributed by atoms with Gasteiger partial charge in [0.2, 0.25) is 5.95 Å². The van der Waals surface area contributed by atoms with Crippen molar-refractivity contribution in [3.05, 3.63) is 42.2 Å². The number of amides is 1. The highest BCUT2D eigenvalue weighted by Gasteiger charge is 2.27. The van der Waals surface area contributed by atoms with Crippen LogP contribution in [0.5, 0.6) is 5.75 Å². The zero-order chi connectivity index (χ0) is 17.2. The summed E-state index contributed by atoms with van der Waals surface area (Å²) in [6.45, 7) is 3.70. The maximum atomic E-state index is 12.9. The Morgan fingerprint density at radius 1 is 1.20 bits per heavy atom. The number of nitrogens with zero attached hydrogens (tertiary/aromatic N) is 4. The van der Waals surface area contributed by atoms with Crippen molar-refractivity contribution in [2.24, 2.45) is 13.0 Å². The van der Waals surface area contributed by atoms with Gasteiger partial charge < -0.3 is 19.1 Å². The number of rotatable bonds is 5. The largest absolute Gasteiger partial charge is 0.492 e. The van der Waals surface area contributed by atoms with Crippen LogP contribution < -0.4 is 9.64 Å². The van der Waals surface area contributed by atoms with Gasteiger partial charge in [-0.05, 0) is 30.9 Å². The van der Waals surface area contributed by atoms with Crippen molar-refractivity contribution < 1.29 is 9.53 Å². The van der Waals surface area contributed by atoms with Gasteiger partial charge in [-0.3, -0.25) is 4.79 Å². The number of carbonyl (C=O) groups excluding carboxylic acids is 1. The van der Waals surface area contributed by atoms with Gasteiger partial charge in [0.15, 0.2) is 0 Å². The van der Waals surface area contributed by atoms with Crippen LogP contribution in [-0.2, 0) is 7.05 Å². The average Bonchev–Trinajstić information content (AvgIpc) is 3.39. The molecule has 1 aliphatic carbocycles. The minimum Gasteiger partial charge on any atom is -0.492 e. The molecule has 6 nitrogen and oxygen atoms in total. The Labute approximate surface area is 148 Å². The topological polar surface area (TPSA) is 50.6 Å². The molecule has 1 amide bonds. The molecule has 2 heterocycles. The summed E-state index contributed by atoms with van der Waals surface area (Å²) < 4.78 is 7.91. The molecule has 0 N–H and O–H groups in total. The average molecular weight is 340 g/mol. The minimum atomic E-state index is 0.0610. The van der Waals surface area contributed by atoms with Crippen LogP contribution in [0.2, 0.25) is 0 Å². The molecule has 1 aromatic heterocycles. The van der Waals surface area contributed by atoms with Gasteiger partial charge in [-0.2, -0.15) is 0 Å². The monoisotopic (exact) mass is 340 g/mol. The van der Waals surface area contributed by atoms with E-state index >= 15 is 0 Å². The summed E-state index contributed by atoms with van der Waals surface area (Å²) in [4.78, 5) is 21.5. The summed E-state index contributed by atoms with van der Waals surface area (Å²) in [6.07, 6.45) is 6.23. The van der Waals surface area contributed by atoms with Gasteiger partial charge in [-0.15, -0.1) is 0 Å². The fourth-order valence-electron chi connectivity index (χ4n) is 3.20. The lowest BCUT2D eigenvalue weighted by atomic mass is 10.1. The number of hydrogen-bond donors (Lipinski definition) is 0. The maximum Gasteiger partial charge on any atom is 0.257 e. The van der Waals surface area contributed by atoms with Crippen LogP contribution in [0.4, 0.5) is 5.95 Å². The van der Waals surface area contributed by atoms with Crippen molar-refractivity contribution >= 4 is 11.9 Å². The van der Waals surface area contributed by atoms with E-state index in [0.717, 1.165) is 25.6 Å². The standard InChI is InChI=1S/C19H24N4O2/c1-21-9-8-20-19(21)23-12-10-22(11-13-23)18(24)16-4-2-3-5-17(16)25-14-15-6-7-15/h2-5,8-9,15H,6-7,10-14H2,1H3. The Bertz CT molecular complexity index is 745. The molecule has 1 saturated carbocycles. The van der Waals surface area contributed by atoms with E-state index in [1.54, 1.807) is 6.20 Å². The second-order valence-corrected chi connectivity index (χ2v) is 6.87. The van der Waals surface area contributed by atoms with Gasteiger partial charge in [-0.1, -0.05) is 12.1 Å². The Morgan fingerprint density at radius 3 is 2.64 bits per heavy atom. The third kappa shape index (κ3) is 3.48. The zero-order valence-corrected chi connectivity index (χ0v) is 14.6. The van der Waals surface area contributed by atoms with Crippen LogP contribution in [0.1, 0.15) is 23.2 Å². The molecule has 132 valence electrons. The van der Waals surface area contributed by atoms with Crippen LogP contribution in [0.3, 0.4) is 0 Å². The van der Waals surface area contributed by atoms with Gasteiger partial charge in [0.25, 0.3) is 5.91 Å². The van der Waals surface area contributed by atoms with E-state index < -0.39 is 0 Å². The van der Waals surface area contributed by atoms with E-state index in [1.165, 1.54) is 12.8 Å². The summed E-state index contributed by atoms with van der Waals surface area (Å²) in [5, 5.41) is 0. The normalized spacial score (nSPS) is 17.6. The number of aryl methyl sites for hydroxylation is 1. The zero-order valence-electron chi connectivity index (χ0n) is 14.6. The van der Waals surface area contributed by atoms with Gasteiger partial charge in [0, 0.05) is 45.6 Å². The molecular formula is C19H24N4O2. The first kappa shape index (κ1) is 16.0. The lowest BCUT2D eigenvalue weighted by Crippen LogP contribution is -2.49. The van der Waals surface area contributed by atoms with E-state index in [-0.39, 0.29) is 5.91 Å². The number of ether oxygens (including phenoxy) is 1. The second kappa shape index (κ2) is 6.78. The quantitative estimate of drug-likeness (QED) is 0.837. The summed E-state index contributed by atoms with van der Waals surface area (Å²) in [5.74, 6) is 2.40. The van der Waals surface area contributed by atoms with Crippen molar-refractivity contribution in [3.63, 3.8) is 0 Å². The molecule has 2 aromatic rings. The highest BCUT2D eigenvalue weighted by Crippen LogP contribution is 2.30. The number of anilines is 1. The molecule has 4 rings (SSSR count). The summed E-state index contributed by atoms with van der Waals surface area (Å²) >= 11 is 0. The number of para-hydroxylation sites is 1. The molecule has 6 heteroatoms. The highest BCUT2D eigenvalue weighted by molar-refractivity contribution is 5.97. The van der Waals surface area contributed by atoms with Crippen LogP contribution in [-0.4, -0.2) is 53.1 Å². The van der Waals surface area contributed by atoms with E-state index in [1.807, 2.05) is 47.0 Å². The predicted octanol–water partition coefficient (Wildman–Crippen LogP) is 2.17. The molecule has 0 radical (unpaired) electrons. The lowest BCUT2D eigenvalue weighted by molar-refractivity contribution is 0.0741. The minimum absolute atomic E-state index is 0.0610. The number of aromatic nitrogens is 2. The molecule has 2 fully saturated rings. The molecular weight excluding hydrogens is 316 g/mol. The molecule has 1 aromatic carbocycles. The van der Waals surface area contributed by atoms with Crippen molar-refractivity contribution in [1.29, 1.82) is 0 Å². The molecule has 1 saturated heterocycles. The Hall–Kier alpha value is -2.50. The maximum absolute atomic E-state index is 12.9. The number of hydrogen-bond acceptors (Lipinski definition) is 4. The molecule has 2 aliphatic rings. The summed E-state index contributed by atoms with van der Waals surface area (Å²) in [5.41, 5.74) is 0.675. The predicted molar refractivity (Wildman–Crippen MR) is 96.0 cm³/mol. The highest BCUT2D eigenvalue weighted by atomic mass is 16.5. The molecule has 0 spiro atoms. The number of benzene rings is 1. The Morgan fingerprint density at radius 2 is 1.96 bits per heavy atom. The summed E-state index contributed by atoms with van der Waals surface area (Å²) in [7, 11) is 1.99. The van der Waals surface area contributed by atoms with Gasteiger partial charge >= 0.3 is 0 Å². The summed E-state index contributed by atoms with van der Waals surface area (Å²) in [6, 6.07) is 7.61. The molecule has 0 bridgehead atoms. The van der Waals surface area contributed by atoms with E-state index in [9.17, 15) is 4.79 Å². The smallest absolute Gasteiger partial charge is 0.257 e. The molecule has 0 atom stereocenters. The van der Waals surface area contributed by atoms with Crippen LogP contribution in [0.15, 0.2) is 36.7 Å². The van der Waals surface area contributed by atoms with Gasteiger partial charge in [0.05, 0.1) is 12.2 Å². The molecule has 25 heavy (non-hydrogen) atoms. The Balaban J connectivity index is 1.41. The first-order valence-electron chi connectivity index (χ1n) is 8.96. The van der Waals surface area contributed by atoms with E-state index in [4.69, 9.17) is 4.74 Å². The number of carbonyl (C=O) groups is 1. The van der Waals surface area contributed by atoms with Crippen LogP contribution in [0, 0.1) is 5.92 Å². The first-order valence-corrected chi connectivity index (χ1v) is 8.96. The van der Waals surface area contributed by atoms with Crippen molar-refractivity contribution in [2.75, 3.05) is 37.7 Å². The fraction of sp³-hybridized carbons (Fsp3) is 0.474. The SMILES string of the molecule is Cn1ccnc1N1CCN(C(=O)c2ccccc2OCC2CC2)CC1. The number of imidazole rings is 1. The van der Waals surface area contributed by atoms with Gasteiger partial charge in [-0.25, -0.2) is 4.98 Å².